The second kappa shape index (κ2) is 5.73. The molecule has 1 heterocycles. The van der Waals surface area contributed by atoms with Crippen molar-refractivity contribution >= 4 is 22.9 Å². The number of benzene rings is 2. The van der Waals surface area contributed by atoms with E-state index in [2.05, 4.69) is 93.2 Å². The molecular formula is C20H25N3. The van der Waals surface area contributed by atoms with Crippen molar-refractivity contribution in [3.05, 3.63) is 54.1 Å². The number of fused-ring (bicyclic) bond motifs is 1. The standard InChI is InChI=1S/C20H25N3/c1-6-23-18-10-8-7-9-17(18)20(2,3)19(23)21-15-11-13-16(14-12-15)22(4)5/h7-14H,6H2,1-5H3. The van der Waals surface area contributed by atoms with Crippen LogP contribution in [0.1, 0.15) is 26.3 Å². The van der Waals surface area contributed by atoms with E-state index in [1.807, 2.05) is 0 Å². The van der Waals surface area contributed by atoms with Crippen molar-refractivity contribution in [2.45, 2.75) is 26.2 Å². The minimum Gasteiger partial charge on any atom is -0.378 e. The number of hydrogen-bond acceptors (Lipinski definition) is 2. The first kappa shape index (κ1) is 15.6. The summed E-state index contributed by atoms with van der Waals surface area (Å²) in [4.78, 5) is 9.43. The van der Waals surface area contributed by atoms with Gasteiger partial charge in [0, 0.05) is 37.4 Å². The fourth-order valence-electron chi connectivity index (χ4n) is 3.28. The largest absolute Gasteiger partial charge is 0.378 e. The molecule has 0 aliphatic carbocycles. The summed E-state index contributed by atoms with van der Waals surface area (Å²) in [6, 6.07) is 17.0. The summed E-state index contributed by atoms with van der Waals surface area (Å²) in [7, 11) is 4.10. The van der Waals surface area contributed by atoms with Crippen molar-refractivity contribution in [3.8, 4) is 0 Å². The SMILES string of the molecule is CCN1C(=Nc2ccc(N(C)C)cc2)C(C)(C)c2ccccc21. The molecule has 0 saturated heterocycles. The van der Waals surface area contributed by atoms with Crippen LogP contribution in [0.4, 0.5) is 17.1 Å². The monoisotopic (exact) mass is 307 g/mol. The highest BCUT2D eigenvalue weighted by Gasteiger charge is 2.40. The zero-order valence-corrected chi connectivity index (χ0v) is 14.7. The summed E-state index contributed by atoms with van der Waals surface area (Å²) in [5.74, 6) is 1.12. The summed E-state index contributed by atoms with van der Waals surface area (Å²) in [6.45, 7) is 7.63. The molecule has 0 bridgehead atoms. The molecule has 0 fully saturated rings. The van der Waals surface area contributed by atoms with E-state index in [1.54, 1.807) is 0 Å². The van der Waals surface area contributed by atoms with Crippen LogP contribution in [0, 0.1) is 0 Å². The molecule has 23 heavy (non-hydrogen) atoms. The zero-order valence-electron chi connectivity index (χ0n) is 14.7. The first-order valence-electron chi connectivity index (χ1n) is 8.18. The molecule has 2 aromatic rings. The van der Waals surface area contributed by atoms with Gasteiger partial charge in [0.1, 0.15) is 5.84 Å². The van der Waals surface area contributed by atoms with Crippen LogP contribution in [-0.4, -0.2) is 26.5 Å². The van der Waals surface area contributed by atoms with Crippen molar-refractivity contribution < 1.29 is 0 Å². The van der Waals surface area contributed by atoms with Crippen LogP contribution in [0.2, 0.25) is 0 Å². The topological polar surface area (TPSA) is 18.8 Å². The fourth-order valence-corrected chi connectivity index (χ4v) is 3.28. The van der Waals surface area contributed by atoms with Crippen LogP contribution >= 0.6 is 0 Å². The Morgan fingerprint density at radius 3 is 2.26 bits per heavy atom. The third kappa shape index (κ3) is 2.61. The van der Waals surface area contributed by atoms with Crippen molar-refractivity contribution in [2.75, 3.05) is 30.4 Å². The number of likely N-dealkylation sites (N-methyl/N-ethyl adjacent to an activating group) is 1. The molecular weight excluding hydrogens is 282 g/mol. The van der Waals surface area contributed by atoms with Gasteiger partial charge < -0.3 is 9.80 Å². The molecule has 0 atom stereocenters. The lowest BCUT2D eigenvalue weighted by atomic mass is 9.86. The van der Waals surface area contributed by atoms with Gasteiger partial charge in [0.25, 0.3) is 0 Å². The van der Waals surface area contributed by atoms with Gasteiger partial charge in [-0.05, 0) is 56.7 Å². The molecule has 2 aromatic carbocycles. The predicted molar refractivity (Wildman–Crippen MR) is 100 cm³/mol. The summed E-state index contributed by atoms with van der Waals surface area (Å²) in [5, 5.41) is 0. The summed E-state index contributed by atoms with van der Waals surface area (Å²) in [5.41, 5.74) is 4.75. The molecule has 1 aliphatic heterocycles. The number of aliphatic imine (C=N–C) groups is 1. The van der Waals surface area contributed by atoms with Gasteiger partial charge in [0.15, 0.2) is 0 Å². The average Bonchev–Trinajstić information content (AvgIpc) is 2.76. The van der Waals surface area contributed by atoms with Crippen LogP contribution in [0.15, 0.2) is 53.5 Å². The molecule has 0 N–H and O–H groups in total. The Kier molecular flexibility index (Phi) is 3.88. The van der Waals surface area contributed by atoms with Crippen LogP contribution in [0.25, 0.3) is 0 Å². The average molecular weight is 307 g/mol. The third-order valence-electron chi connectivity index (χ3n) is 4.60. The molecule has 0 radical (unpaired) electrons. The molecule has 0 unspecified atom stereocenters. The Hall–Kier alpha value is -2.29. The summed E-state index contributed by atoms with van der Waals surface area (Å²) in [6.07, 6.45) is 0. The number of para-hydroxylation sites is 1. The third-order valence-corrected chi connectivity index (χ3v) is 4.60. The highest BCUT2D eigenvalue weighted by molar-refractivity contribution is 6.11. The predicted octanol–water partition coefficient (Wildman–Crippen LogP) is 4.60. The smallest absolute Gasteiger partial charge is 0.119 e. The van der Waals surface area contributed by atoms with Crippen molar-refractivity contribution in [1.29, 1.82) is 0 Å². The van der Waals surface area contributed by atoms with Gasteiger partial charge in [-0.3, -0.25) is 0 Å². The van der Waals surface area contributed by atoms with Gasteiger partial charge in [0.2, 0.25) is 0 Å². The Morgan fingerprint density at radius 2 is 1.65 bits per heavy atom. The quantitative estimate of drug-likeness (QED) is 0.825. The van der Waals surface area contributed by atoms with Crippen LogP contribution in [0.3, 0.4) is 0 Å². The Bertz CT molecular complexity index is 727. The van der Waals surface area contributed by atoms with Crippen LogP contribution in [-0.2, 0) is 5.41 Å². The van der Waals surface area contributed by atoms with Gasteiger partial charge >= 0.3 is 0 Å². The van der Waals surface area contributed by atoms with Gasteiger partial charge in [-0.2, -0.15) is 0 Å². The molecule has 0 aromatic heterocycles. The second-order valence-electron chi connectivity index (χ2n) is 6.73. The second-order valence-corrected chi connectivity index (χ2v) is 6.73. The molecule has 1 aliphatic rings. The number of hydrogen-bond donors (Lipinski definition) is 0. The highest BCUT2D eigenvalue weighted by Crippen LogP contribution is 2.42. The van der Waals surface area contributed by atoms with Gasteiger partial charge in [-0.15, -0.1) is 0 Å². The molecule has 0 amide bonds. The van der Waals surface area contributed by atoms with Crippen LogP contribution in [0.5, 0.6) is 0 Å². The molecule has 0 spiro atoms. The fraction of sp³-hybridized carbons (Fsp3) is 0.350. The molecule has 3 heteroatoms. The van der Waals surface area contributed by atoms with Gasteiger partial charge in [-0.1, -0.05) is 18.2 Å². The lowest BCUT2D eigenvalue weighted by Gasteiger charge is -2.24. The van der Waals surface area contributed by atoms with Crippen molar-refractivity contribution in [2.24, 2.45) is 4.99 Å². The normalized spacial score (nSPS) is 17.4. The first-order valence-corrected chi connectivity index (χ1v) is 8.18. The van der Waals surface area contributed by atoms with E-state index in [1.165, 1.54) is 16.9 Å². The number of anilines is 2. The van der Waals surface area contributed by atoms with Crippen LogP contribution < -0.4 is 9.80 Å². The minimum absolute atomic E-state index is 0.0766. The Balaban J connectivity index is 2.04. The number of nitrogens with zero attached hydrogens (tertiary/aromatic N) is 3. The summed E-state index contributed by atoms with van der Waals surface area (Å²) >= 11 is 0. The van der Waals surface area contributed by atoms with E-state index >= 15 is 0 Å². The molecule has 3 rings (SSSR count). The zero-order chi connectivity index (χ0) is 16.6. The molecule has 3 nitrogen and oxygen atoms in total. The maximum atomic E-state index is 5.00. The van der Waals surface area contributed by atoms with Gasteiger partial charge in [-0.25, -0.2) is 4.99 Å². The lowest BCUT2D eigenvalue weighted by molar-refractivity contribution is 0.730. The van der Waals surface area contributed by atoms with E-state index < -0.39 is 0 Å². The first-order chi connectivity index (χ1) is 10.9. The summed E-state index contributed by atoms with van der Waals surface area (Å²) < 4.78 is 0. The van der Waals surface area contributed by atoms with Crippen molar-refractivity contribution in [1.82, 2.24) is 0 Å². The van der Waals surface area contributed by atoms with E-state index in [0.717, 1.165) is 18.1 Å². The number of rotatable bonds is 3. The lowest BCUT2D eigenvalue weighted by Crippen LogP contribution is -2.36. The number of amidine groups is 1. The van der Waals surface area contributed by atoms with E-state index in [9.17, 15) is 0 Å². The Morgan fingerprint density at radius 1 is 1.00 bits per heavy atom. The minimum atomic E-state index is -0.0766. The highest BCUT2D eigenvalue weighted by atomic mass is 15.2. The Labute approximate surface area is 139 Å². The van der Waals surface area contributed by atoms with E-state index in [0.29, 0.717) is 0 Å². The maximum absolute atomic E-state index is 5.00. The van der Waals surface area contributed by atoms with Crippen molar-refractivity contribution in [3.63, 3.8) is 0 Å². The van der Waals surface area contributed by atoms with E-state index in [-0.39, 0.29) is 5.41 Å². The molecule has 0 saturated carbocycles. The maximum Gasteiger partial charge on any atom is 0.119 e. The molecule has 120 valence electrons. The van der Waals surface area contributed by atoms with Gasteiger partial charge in [0.05, 0.1) is 5.69 Å². The van der Waals surface area contributed by atoms with E-state index in [4.69, 9.17) is 4.99 Å².